The number of pyridine rings is 1. The molecule has 1 aromatic carbocycles. The number of hydrogen-bond donors (Lipinski definition) is 3. The van der Waals surface area contributed by atoms with Gasteiger partial charge in [0.25, 0.3) is 0 Å². The average Bonchev–Trinajstić information content (AvgIpc) is 2.69. The number of rotatable bonds is 2. The largest absolute Gasteiger partial charge is 0.506 e. The lowest BCUT2D eigenvalue weighted by Crippen LogP contribution is -2.44. The Balaban J connectivity index is 0.000000343. The first-order valence-corrected chi connectivity index (χ1v) is 9.56. The van der Waals surface area contributed by atoms with Crippen LogP contribution < -0.4 is 0 Å². The minimum Gasteiger partial charge on any atom is -0.506 e. The van der Waals surface area contributed by atoms with Gasteiger partial charge in [0.15, 0.2) is 0 Å². The highest BCUT2D eigenvalue weighted by Gasteiger charge is 2.38. The zero-order valence-electron chi connectivity index (χ0n) is 17.9. The number of hydrogen-bond acceptors (Lipinski definition) is 6. The number of carbonyl (C=O) groups is 2. The number of morpholine rings is 1. The lowest BCUT2D eigenvalue weighted by Gasteiger charge is -2.35. The smallest absolute Gasteiger partial charge is 0.490 e. The molecule has 0 spiro atoms. The summed E-state index contributed by atoms with van der Waals surface area (Å²) in [6.45, 7) is 6.96. The average molecular weight is 500 g/mol. The van der Waals surface area contributed by atoms with Crippen molar-refractivity contribution in [1.29, 1.82) is 0 Å². The minimum absolute atomic E-state index is 0.244. The minimum atomic E-state index is -5.08. The molecule has 2 aromatic rings. The number of alkyl halides is 6. The summed E-state index contributed by atoms with van der Waals surface area (Å²) < 4.78 is 69.2. The zero-order chi connectivity index (χ0) is 26.3. The summed E-state index contributed by atoms with van der Waals surface area (Å²) in [5, 5.41) is 25.2. The number of phenols is 1. The van der Waals surface area contributed by atoms with Crippen LogP contribution in [0.15, 0.2) is 30.5 Å². The fourth-order valence-electron chi connectivity index (χ4n) is 3.01. The van der Waals surface area contributed by atoms with E-state index in [9.17, 15) is 31.4 Å². The molecule has 1 saturated heterocycles. The van der Waals surface area contributed by atoms with E-state index in [0.717, 1.165) is 25.0 Å². The Hall–Kier alpha value is -3.13. The molecule has 1 aliphatic heterocycles. The molecule has 8 nitrogen and oxygen atoms in total. The highest BCUT2D eigenvalue weighted by atomic mass is 19.4. The standard InChI is InChI=1S/C16H20N2O2.2C2HF3O2/c1-11-8-18(9-12(2)20-11)10-13-5-6-15(19)16-14(13)4-3-7-17-16;2*3-2(4,5)1(6)7/h3-7,11-12,19H,8-10H2,1-2H3;2*(H,6,7). The number of ether oxygens (including phenoxy) is 1. The third-order valence-electron chi connectivity index (χ3n) is 4.21. The predicted octanol–water partition coefficient (Wildman–Crippen LogP) is 3.82. The Morgan fingerprint density at radius 2 is 1.47 bits per heavy atom. The van der Waals surface area contributed by atoms with Gasteiger partial charge in [0.2, 0.25) is 0 Å². The first-order valence-electron chi connectivity index (χ1n) is 9.56. The summed E-state index contributed by atoms with van der Waals surface area (Å²) in [5.41, 5.74) is 1.88. The molecule has 0 amide bonds. The van der Waals surface area contributed by atoms with E-state index >= 15 is 0 Å². The predicted molar refractivity (Wildman–Crippen MR) is 106 cm³/mol. The topological polar surface area (TPSA) is 120 Å². The monoisotopic (exact) mass is 500 g/mol. The van der Waals surface area contributed by atoms with E-state index in [1.807, 2.05) is 18.2 Å². The maximum atomic E-state index is 10.6. The maximum absolute atomic E-state index is 10.6. The number of aromatic hydroxyl groups is 1. The summed E-state index contributed by atoms with van der Waals surface area (Å²) in [5.74, 6) is -5.27. The number of aromatic nitrogens is 1. The molecule has 14 heteroatoms. The van der Waals surface area contributed by atoms with Gasteiger partial charge in [0, 0.05) is 31.2 Å². The van der Waals surface area contributed by atoms with Crippen molar-refractivity contribution in [2.45, 2.75) is 45.0 Å². The van der Waals surface area contributed by atoms with Gasteiger partial charge >= 0.3 is 24.3 Å². The Morgan fingerprint density at radius 3 is 1.91 bits per heavy atom. The van der Waals surface area contributed by atoms with Crippen LogP contribution in [0, 0.1) is 0 Å². The fourth-order valence-corrected chi connectivity index (χ4v) is 3.01. The second-order valence-electron chi connectivity index (χ2n) is 7.20. The van der Waals surface area contributed by atoms with Crippen LogP contribution in [-0.2, 0) is 20.9 Å². The molecule has 0 bridgehead atoms. The van der Waals surface area contributed by atoms with Gasteiger partial charge in [0.05, 0.1) is 12.2 Å². The Kier molecular flexibility index (Phi) is 10.1. The van der Waals surface area contributed by atoms with Crippen molar-refractivity contribution in [2.75, 3.05) is 13.1 Å². The number of carboxylic acid groups (broad SMARTS) is 2. The van der Waals surface area contributed by atoms with Gasteiger partial charge in [-0.05, 0) is 31.5 Å². The third kappa shape index (κ3) is 9.39. The van der Waals surface area contributed by atoms with Gasteiger partial charge in [-0.25, -0.2) is 9.59 Å². The highest BCUT2D eigenvalue weighted by Crippen LogP contribution is 2.27. The second-order valence-corrected chi connectivity index (χ2v) is 7.20. The van der Waals surface area contributed by atoms with Crippen LogP contribution >= 0.6 is 0 Å². The number of nitrogens with zero attached hydrogens (tertiary/aromatic N) is 2. The van der Waals surface area contributed by atoms with Crippen LogP contribution in [0.1, 0.15) is 19.4 Å². The number of benzene rings is 1. The van der Waals surface area contributed by atoms with Crippen LogP contribution in [0.5, 0.6) is 5.75 Å². The first-order chi connectivity index (χ1) is 15.5. The normalized spacial score (nSPS) is 18.8. The Morgan fingerprint density at radius 1 is 1.00 bits per heavy atom. The second kappa shape index (κ2) is 11.8. The maximum Gasteiger partial charge on any atom is 0.490 e. The first kappa shape index (κ1) is 28.9. The molecule has 34 heavy (non-hydrogen) atoms. The lowest BCUT2D eigenvalue weighted by molar-refractivity contribution is -0.193. The molecule has 0 saturated carbocycles. The van der Waals surface area contributed by atoms with Crippen molar-refractivity contribution in [3.63, 3.8) is 0 Å². The van der Waals surface area contributed by atoms with Crippen LogP contribution in [0.25, 0.3) is 10.9 Å². The van der Waals surface area contributed by atoms with Gasteiger partial charge in [-0.3, -0.25) is 9.88 Å². The van der Waals surface area contributed by atoms with Crippen LogP contribution in [0.3, 0.4) is 0 Å². The number of phenolic OH excluding ortho intramolecular Hbond substituents is 1. The SMILES string of the molecule is CC1CN(Cc2ccc(O)c3ncccc23)CC(C)O1.O=C(O)C(F)(F)F.O=C(O)C(F)(F)F. The lowest BCUT2D eigenvalue weighted by atomic mass is 10.1. The Bertz CT molecular complexity index is 948. The van der Waals surface area contributed by atoms with Crippen molar-refractivity contribution in [2.24, 2.45) is 0 Å². The van der Waals surface area contributed by atoms with E-state index in [1.165, 1.54) is 5.56 Å². The molecular weight excluding hydrogens is 478 g/mol. The van der Waals surface area contributed by atoms with Crippen LogP contribution in [0.4, 0.5) is 26.3 Å². The van der Waals surface area contributed by atoms with Gasteiger partial charge in [0.1, 0.15) is 11.3 Å². The number of fused-ring (bicyclic) bond motifs is 1. The fraction of sp³-hybridized carbons (Fsp3) is 0.450. The van der Waals surface area contributed by atoms with Crippen molar-refractivity contribution in [1.82, 2.24) is 9.88 Å². The molecule has 3 N–H and O–H groups in total. The van der Waals surface area contributed by atoms with Gasteiger partial charge < -0.3 is 20.1 Å². The third-order valence-corrected chi connectivity index (χ3v) is 4.21. The molecule has 2 heterocycles. The van der Waals surface area contributed by atoms with Crippen molar-refractivity contribution in [3.8, 4) is 5.75 Å². The zero-order valence-corrected chi connectivity index (χ0v) is 17.9. The number of halogens is 6. The van der Waals surface area contributed by atoms with Crippen LogP contribution in [0.2, 0.25) is 0 Å². The van der Waals surface area contributed by atoms with Gasteiger partial charge in [-0.1, -0.05) is 12.1 Å². The molecule has 2 atom stereocenters. The van der Waals surface area contributed by atoms with E-state index in [4.69, 9.17) is 24.5 Å². The van der Waals surface area contributed by atoms with Gasteiger partial charge in [-0.2, -0.15) is 26.3 Å². The molecule has 2 unspecified atom stereocenters. The molecule has 1 fully saturated rings. The highest BCUT2D eigenvalue weighted by molar-refractivity contribution is 5.87. The summed E-state index contributed by atoms with van der Waals surface area (Å²) in [6, 6.07) is 7.66. The van der Waals surface area contributed by atoms with E-state index in [-0.39, 0.29) is 18.0 Å². The van der Waals surface area contributed by atoms with Crippen molar-refractivity contribution < 1.29 is 56.0 Å². The summed E-state index contributed by atoms with van der Waals surface area (Å²) in [4.78, 5) is 24.5. The summed E-state index contributed by atoms with van der Waals surface area (Å²) >= 11 is 0. The summed E-state index contributed by atoms with van der Waals surface area (Å²) in [6.07, 6.45) is -7.93. The Labute approximate surface area is 189 Å². The molecule has 1 aromatic heterocycles. The quantitative estimate of drug-likeness (QED) is 0.533. The summed E-state index contributed by atoms with van der Waals surface area (Å²) in [7, 11) is 0. The van der Waals surface area contributed by atoms with E-state index in [0.29, 0.717) is 5.52 Å². The molecule has 190 valence electrons. The molecule has 0 radical (unpaired) electrons. The van der Waals surface area contributed by atoms with Crippen LogP contribution in [-0.4, -0.2) is 74.8 Å². The van der Waals surface area contributed by atoms with Crippen molar-refractivity contribution in [3.05, 3.63) is 36.0 Å². The molecule has 0 aliphatic carbocycles. The van der Waals surface area contributed by atoms with Crippen molar-refractivity contribution >= 4 is 22.8 Å². The van der Waals surface area contributed by atoms with E-state index in [2.05, 4.69) is 23.7 Å². The number of carboxylic acids is 2. The van der Waals surface area contributed by atoms with E-state index < -0.39 is 24.3 Å². The van der Waals surface area contributed by atoms with Gasteiger partial charge in [-0.15, -0.1) is 0 Å². The molecule has 1 aliphatic rings. The van der Waals surface area contributed by atoms with E-state index in [1.54, 1.807) is 12.3 Å². The number of aliphatic carboxylic acids is 2. The molecular formula is C20H22F6N2O6. The molecule has 3 rings (SSSR count).